The van der Waals surface area contributed by atoms with Crippen LogP contribution in [0.15, 0.2) is 59.5 Å². The number of rotatable bonds is 7. The molecule has 25 heavy (non-hydrogen) atoms. The molecule has 7 nitrogen and oxygen atoms in total. The number of methoxy groups -OCH3 is 1. The van der Waals surface area contributed by atoms with E-state index in [4.69, 9.17) is 0 Å². The Labute approximate surface area is 152 Å². The molecule has 134 valence electrons. The van der Waals surface area contributed by atoms with Gasteiger partial charge in [-0.1, -0.05) is 42.5 Å². The lowest BCUT2D eigenvalue weighted by Gasteiger charge is -2.17. The number of hydrogen-bond acceptors (Lipinski definition) is 6. The number of nitrogens with one attached hydrogen (secondary N) is 1. The van der Waals surface area contributed by atoms with Gasteiger partial charge in [0.25, 0.3) is 0 Å². The van der Waals surface area contributed by atoms with Crippen LogP contribution in [0.3, 0.4) is 0 Å². The molecule has 0 spiro atoms. The van der Waals surface area contributed by atoms with Gasteiger partial charge in [-0.2, -0.15) is 4.72 Å². The van der Waals surface area contributed by atoms with Crippen molar-refractivity contribution in [3.05, 3.63) is 63.7 Å². The van der Waals surface area contributed by atoms with Crippen molar-refractivity contribution >= 4 is 35.8 Å². The number of sulfonamides is 1. The number of ether oxygens (including phenoxy) is 1. The predicted molar refractivity (Wildman–Crippen MR) is 96.8 cm³/mol. The van der Waals surface area contributed by atoms with Gasteiger partial charge in [-0.3, -0.25) is 4.79 Å². The van der Waals surface area contributed by atoms with Crippen LogP contribution in [-0.2, 0) is 32.1 Å². The highest BCUT2D eigenvalue weighted by Crippen LogP contribution is 2.25. The van der Waals surface area contributed by atoms with Crippen molar-refractivity contribution in [1.29, 1.82) is 0 Å². The molecule has 0 saturated heterocycles. The molecule has 0 bridgehead atoms. The molecular weight excluding hydrogens is 461 g/mol. The van der Waals surface area contributed by atoms with Crippen molar-refractivity contribution in [1.82, 2.24) is 4.72 Å². The molecule has 0 aromatic heterocycles. The van der Waals surface area contributed by atoms with Crippen LogP contribution >= 0.6 is 19.8 Å². The molecule has 0 radical (unpaired) electrons. The molecule has 1 N–H and O–H groups in total. The Balaban J connectivity index is 2.36. The molecule has 0 aliphatic rings. The fraction of sp³-hybridized carbons (Fsp3) is 0.188. The number of carbonyl (C=O) groups excluding carboxylic acids is 1. The van der Waals surface area contributed by atoms with E-state index in [9.17, 15) is 19.4 Å². The minimum Gasteiger partial charge on any atom is -0.468 e. The number of carbonyl (C=O) groups is 1. The van der Waals surface area contributed by atoms with Gasteiger partial charge in [0.15, 0.2) is 0 Å². The summed E-state index contributed by atoms with van der Waals surface area (Å²) in [4.78, 5) is 11.6. The minimum atomic E-state index is -4.22. The highest BCUT2D eigenvalue weighted by Gasteiger charge is 2.29. The van der Waals surface area contributed by atoms with E-state index in [0.717, 1.165) is 12.7 Å². The first-order valence-electron chi connectivity index (χ1n) is 7.13. The number of halogens is 1. The Morgan fingerprint density at radius 2 is 1.68 bits per heavy atom. The maximum atomic E-state index is 12.6. The fourth-order valence-electron chi connectivity index (χ4n) is 2.21. The van der Waals surface area contributed by atoms with Gasteiger partial charge in [-0.15, -0.1) is 0 Å². The van der Waals surface area contributed by atoms with Crippen LogP contribution in [0.4, 0.5) is 0 Å². The van der Waals surface area contributed by atoms with Crippen molar-refractivity contribution in [3.8, 4) is 0 Å². The predicted octanol–water partition coefficient (Wildman–Crippen LogP) is 2.12. The lowest BCUT2D eigenvalue weighted by molar-refractivity contribution is -0.142. The topological polar surface area (TPSA) is 107 Å². The van der Waals surface area contributed by atoms with E-state index in [1.165, 1.54) is 24.3 Å². The van der Waals surface area contributed by atoms with Gasteiger partial charge in [0.1, 0.15) is 10.9 Å². The monoisotopic (exact) mass is 477 g/mol. The average Bonchev–Trinajstić information content (AvgIpc) is 2.61. The lowest BCUT2D eigenvalue weighted by Crippen LogP contribution is -2.43. The summed E-state index contributed by atoms with van der Waals surface area (Å²) in [7, 11) is -3.07. The van der Waals surface area contributed by atoms with E-state index in [2.05, 4.69) is 9.46 Å². The van der Waals surface area contributed by atoms with Crippen molar-refractivity contribution in [2.75, 3.05) is 7.11 Å². The summed E-state index contributed by atoms with van der Waals surface area (Å²) >= 11 is -4.03. The first kappa shape index (κ1) is 19.5. The van der Waals surface area contributed by atoms with Crippen molar-refractivity contribution < 1.29 is 24.1 Å². The average molecular weight is 477 g/mol. The van der Waals surface area contributed by atoms with E-state index in [-0.39, 0.29) is 14.9 Å². The van der Waals surface area contributed by atoms with Crippen molar-refractivity contribution in [2.45, 2.75) is 17.4 Å². The van der Waals surface area contributed by atoms with Crippen molar-refractivity contribution in [2.24, 2.45) is 0 Å². The maximum Gasteiger partial charge on any atom is 0.342 e. The minimum absolute atomic E-state index is 0.0754. The van der Waals surface area contributed by atoms with Crippen LogP contribution in [0.1, 0.15) is 5.56 Å². The molecular formula is C16H16INO6S. The third-order valence-corrected chi connectivity index (χ3v) is 7.14. The highest BCUT2D eigenvalue weighted by molar-refractivity contribution is 14.2. The van der Waals surface area contributed by atoms with Crippen LogP contribution in [0.5, 0.6) is 0 Å². The van der Waals surface area contributed by atoms with E-state index in [0.29, 0.717) is 0 Å². The third kappa shape index (κ3) is 5.06. The molecule has 1 atom stereocenters. The SMILES string of the molecule is COC(=O)[C@H](Cc1ccccc1)NS(=O)(=O)c1ccccc1I(=O)=O. The summed E-state index contributed by atoms with van der Waals surface area (Å²) in [6, 6.07) is 12.9. The molecule has 0 aliphatic carbocycles. The Bertz CT molecular complexity index is 917. The third-order valence-electron chi connectivity index (χ3n) is 3.36. The largest absolute Gasteiger partial charge is 0.468 e. The highest BCUT2D eigenvalue weighted by atomic mass is 127. The summed E-state index contributed by atoms with van der Waals surface area (Å²) in [6.45, 7) is 0. The van der Waals surface area contributed by atoms with Crippen LogP contribution in [0.2, 0.25) is 0 Å². The van der Waals surface area contributed by atoms with Crippen LogP contribution in [0, 0.1) is 3.57 Å². The Morgan fingerprint density at radius 3 is 2.28 bits per heavy atom. The molecule has 0 heterocycles. The Morgan fingerprint density at radius 1 is 1.08 bits per heavy atom. The van der Waals surface area contributed by atoms with Crippen LogP contribution < -0.4 is 4.72 Å². The molecule has 2 aromatic rings. The van der Waals surface area contributed by atoms with Gasteiger partial charge >= 0.3 is 25.8 Å². The summed E-state index contributed by atoms with van der Waals surface area (Å²) in [6.07, 6.45) is 0.0754. The summed E-state index contributed by atoms with van der Waals surface area (Å²) in [5.41, 5.74) is 0.731. The zero-order chi connectivity index (χ0) is 18.4. The van der Waals surface area contributed by atoms with Gasteiger partial charge < -0.3 is 4.74 Å². The summed E-state index contributed by atoms with van der Waals surface area (Å²) in [5.74, 6) is -0.760. The summed E-state index contributed by atoms with van der Waals surface area (Å²) < 4.78 is 54.6. The second-order valence-corrected chi connectivity index (χ2v) is 9.12. The molecule has 0 amide bonds. The van der Waals surface area contributed by atoms with Gasteiger partial charge in [0.05, 0.1) is 10.7 Å². The van der Waals surface area contributed by atoms with Crippen molar-refractivity contribution in [3.63, 3.8) is 0 Å². The number of benzene rings is 2. The maximum absolute atomic E-state index is 12.6. The van der Waals surface area contributed by atoms with Crippen LogP contribution in [0.25, 0.3) is 0 Å². The van der Waals surface area contributed by atoms with Gasteiger partial charge in [0, 0.05) is 0 Å². The standard InChI is InChI=1S/C16H16INO6S/c1-24-16(19)14(11-12-7-3-2-4-8-12)18-25(22,23)15-10-6-5-9-13(15)17(20)21/h2-10,14,18H,11H2,1H3/t14-/m0/s1. The smallest absolute Gasteiger partial charge is 0.342 e. The molecule has 9 heteroatoms. The normalized spacial score (nSPS) is 12.7. The molecule has 0 aliphatic heterocycles. The first-order valence-corrected chi connectivity index (χ1v) is 11.5. The second-order valence-electron chi connectivity index (χ2n) is 5.03. The lowest BCUT2D eigenvalue weighted by atomic mass is 10.1. The molecule has 2 aromatic carbocycles. The first-order chi connectivity index (χ1) is 11.8. The van der Waals surface area contributed by atoms with Gasteiger partial charge in [-0.05, 0) is 24.1 Å². The number of esters is 1. The molecule has 0 fully saturated rings. The zero-order valence-electron chi connectivity index (χ0n) is 13.2. The van der Waals surface area contributed by atoms with E-state index < -0.39 is 41.8 Å². The van der Waals surface area contributed by atoms with E-state index in [1.807, 2.05) is 0 Å². The fourth-order valence-corrected chi connectivity index (χ4v) is 5.88. The molecule has 2 rings (SSSR count). The quantitative estimate of drug-likeness (QED) is 0.484. The van der Waals surface area contributed by atoms with Gasteiger partial charge in [0.2, 0.25) is 10.0 Å². The molecule has 0 unspecified atom stereocenters. The zero-order valence-corrected chi connectivity index (χ0v) is 16.2. The summed E-state index contributed by atoms with van der Waals surface area (Å²) in [5, 5.41) is 0. The molecule has 0 saturated carbocycles. The Kier molecular flexibility index (Phi) is 6.62. The Hall–Kier alpha value is -1.85. The van der Waals surface area contributed by atoms with E-state index >= 15 is 0 Å². The number of hydrogen-bond donors (Lipinski definition) is 1. The van der Waals surface area contributed by atoms with Gasteiger partial charge in [-0.25, -0.2) is 14.6 Å². The second kappa shape index (κ2) is 8.50. The van der Waals surface area contributed by atoms with E-state index in [1.54, 1.807) is 30.3 Å². The van der Waals surface area contributed by atoms with Crippen LogP contribution in [-0.4, -0.2) is 27.5 Å².